The third-order valence-electron chi connectivity index (χ3n) is 2.00. The predicted octanol–water partition coefficient (Wildman–Crippen LogP) is 2.22. The Morgan fingerprint density at radius 2 is 1.80 bits per heavy atom. The third kappa shape index (κ3) is 2.90. The van der Waals surface area contributed by atoms with Crippen molar-refractivity contribution in [3.63, 3.8) is 0 Å². The molecule has 0 aliphatic heterocycles. The van der Waals surface area contributed by atoms with Crippen molar-refractivity contribution in [1.29, 1.82) is 0 Å². The number of nitrogens with zero attached hydrogens (tertiary/aromatic N) is 1. The fourth-order valence-corrected chi connectivity index (χ4v) is 1.82. The minimum absolute atomic E-state index is 0.0853. The summed E-state index contributed by atoms with van der Waals surface area (Å²) in [5.74, 6) is 0. The minimum atomic E-state index is -3.69. The van der Waals surface area contributed by atoms with Crippen LogP contribution >= 0.6 is 10.7 Å². The average molecular weight is 250 g/mol. The lowest BCUT2D eigenvalue weighted by atomic mass is 10.1. The van der Waals surface area contributed by atoms with Crippen molar-refractivity contribution in [2.45, 2.75) is 12.2 Å². The third-order valence-corrected chi connectivity index (χ3v) is 3.91. The molecule has 82 valence electrons. The highest BCUT2D eigenvalue weighted by molar-refractivity contribution is 8.13. The molecule has 7 heteroatoms. The van der Waals surface area contributed by atoms with E-state index in [1.807, 2.05) is 0 Å². The molecule has 0 saturated heterocycles. The summed E-state index contributed by atoms with van der Waals surface area (Å²) in [7, 11) is 1.47. The molecule has 0 bridgehead atoms. The van der Waals surface area contributed by atoms with Gasteiger partial charge in [-0.15, -0.1) is 0 Å². The number of nitro benzene ring substituents is 1. The van der Waals surface area contributed by atoms with Crippen LogP contribution in [-0.4, -0.2) is 13.3 Å². The molecule has 0 aromatic heterocycles. The molecule has 0 fully saturated rings. The van der Waals surface area contributed by atoms with E-state index in [4.69, 9.17) is 10.7 Å². The van der Waals surface area contributed by atoms with E-state index in [-0.39, 0.29) is 5.69 Å². The summed E-state index contributed by atoms with van der Waals surface area (Å²) in [5, 5.41) is 9.47. The van der Waals surface area contributed by atoms with Crippen molar-refractivity contribution in [1.82, 2.24) is 0 Å². The first kappa shape index (κ1) is 11.9. The largest absolute Gasteiger partial charge is 0.269 e. The molecule has 0 amide bonds. The SMILES string of the molecule is CC(c1ccc([N+](=O)[O-])cc1)S(=O)(=O)Cl. The lowest BCUT2D eigenvalue weighted by molar-refractivity contribution is -0.384. The second-order valence-electron chi connectivity index (χ2n) is 2.97. The summed E-state index contributed by atoms with van der Waals surface area (Å²) >= 11 is 0. The molecule has 0 N–H and O–H groups in total. The topological polar surface area (TPSA) is 77.3 Å². The summed E-state index contributed by atoms with van der Waals surface area (Å²) in [6.45, 7) is 1.42. The van der Waals surface area contributed by atoms with Gasteiger partial charge in [-0.2, -0.15) is 0 Å². The fraction of sp³-hybridized carbons (Fsp3) is 0.250. The molecule has 1 aromatic carbocycles. The zero-order valence-corrected chi connectivity index (χ0v) is 9.33. The maximum Gasteiger partial charge on any atom is 0.269 e. The van der Waals surface area contributed by atoms with Crippen molar-refractivity contribution >= 4 is 25.4 Å². The molecule has 0 spiro atoms. The molecule has 1 aromatic rings. The van der Waals surface area contributed by atoms with Crippen molar-refractivity contribution in [3.05, 3.63) is 39.9 Å². The Kier molecular flexibility index (Phi) is 3.31. The Bertz CT molecular complexity index is 468. The molecule has 1 atom stereocenters. The number of benzene rings is 1. The van der Waals surface area contributed by atoms with E-state index < -0.39 is 19.2 Å². The first-order valence-corrected chi connectivity index (χ1v) is 6.37. The number of rotatable bonds is 3. The van der Waals surface area contributed by atoms with Gasteiger partial charge in [0, 0.05) is 22.8 Å². The summed E-state index contributed by atoms with van der Waals surface area (Å²) in [5.41, 5.74) is 0.341. The van der Waals surface area contributed by atoms with Gasteiger partial charge in [0.05, 0.1) is 10.2 Å². The summed E-state index contributed by atoms with van der Waals surface area (Å²) in [6.07, 6.45) is 0. The highest BCUT2D eigenvalue weighted by Crippen LogP contribution is 2.26. The summed E-state index contributed by atoms with van der Waals surface area (Å²) in [4.78, 5) is 9.79. The molecule has 0 aliphatic carbocycles. The molecule has 1 rings (SSSR count). The lowest BCUT2D eigenvalue weighted by Gasteiger charge is -2.06. The molecule has 0 aliphatic rings. The van der Waals surface area contributed by atoms with Gasteiger partial charge >= 0.3 is 0 Å². The van der Waals surface area contributed by atoms with E-state index in [0.29, 0.717) is 5.56 Å². The normalized spacial score (nSPS) is 13.5. The number of halogens is 1. The van der Waals surface area contributed by atoms with Gasteiger partial charge in [-0.3, -0.25) is 10.1 Å². The van der Waals surface area contributed by atoms with Gasteiger partial charge in [0.2, 0.25) is 9.05 Å². The maximum atomic E-state index is 11.0. The fourth-order valence-electron chi connectivity index (χ4n) is 1.03. The molecular formula is C8H8ClNO4S. The predicted molar refractivity (Wildman–Crippen MR) is 56.3 cm³/mol. The van der Waals surface area contributed by atoms with Crippen molar-refractivity contribution in [3.8, 4) is 0 Å². The quantitative estimate of drug-likeness (QED) is 0.467. The van der Waals surface area contributed by atoms with E-state index in [2.05, 4.69) is 0 Å². The van der Waals surface area contributed by atoms with Crippen LogP contribution in [0.3, 0.4) is 0 Å². The van der Waals surface area contributed by atoms with E-state index in [1.54, 1.807) is 0 Å². The Labute approximate surface area is 91.2 Å². The van der Waals surface area contributed by atoms with E-state index in [1.165, 1.54) is 31.2 Å². The first-order chi connectivity index (χ1) is 6.82. The summed E-state index contributed by atoms with van der Waals surface area (Å²) < 4.78 is 22.0. The molecular weight excluding hydrogens is 242 g/mol. The number of hydrogen-bond acceptors (Lipinski definition) is 4. The van der Waals surface area contributed by atoms with Gasteiger partial charge in [0.15, 0.2) is 0 Å². The van der Waals surface area contributed by atoms with Crippen LogP contribution in [0.4, 0.5) is 5.69 Å². The van der Waals surface area contributed by atoms with Gasteiger partial charge < -0.3 is 0 Å². The number of hydrogen-bond donors (Lipinski definition) is 0. The second kappa shape index (κ2) is 4.16. The van der Waals surface area contributed by atoms with Gasteiger partial charge in [-0.25, -0.2) is 8.42 Å². The highest BCUT2D eigenvalue weighted by atomic mass is 35.7. The van der Waals surface area contributed by atoms with Gasteiger partial charge in [-0.1, -0.05) is 12.1 Å². The van der Waals surface area contributed by atoms with E-state index in [9.17, 15) is 18.5 Å². The van der Waals surface area contributed by atoms with Crippen LogP contribution in [0.25, 0.3) is 0 Å². The second-order valence-corrected chi connectivity index (χ2v) is 5.92. The van der Waals surface area contributed by atoms with Crippen LogP contribution in [0.5, 0.6) is 0 Å². The molecule has 0 saturated carbocycles. The molecule has 15 heavy (non-hydrogen) atoms. The zero-order valence-electron chi connectivity index (χ0n) is 7.75. The summed E-state index contributed by atoms with van der Waals surface area (Å²) in [6, 6.07) is 5.24. The monoisotopic (exact) mass is 249 g/mol. The van der Waals surface area contributed by atoms with E-state index in [0.717, 1.165) is 0 Å². The van der Waals surface area contributed by atoms with Crippen LogP contribution in [0, 0.1) is 10.1 Å². The Hall–Kier alpha value is -1.14. The molecule has 1 unspecified atom stereocenters. The van der Waals surface area contributed by atoms with Crippen molar-refractivity contribution in [2.75, 3.05) is 0 Å². The average Bonchev–Trinajstić information content (AvgIpc) is 2.15. The van der Waals surface area contributed by atoms with Gasteiger partial charge in [0.25, 0.3) is 5.69 Å². The number of non-ortho nitro benzene ring substituents is 1. The molecule has 5 nitrogen and oxygen atoms in total. The van der Waals surface area contributed by atoms with Crippen LogP contribution in [0.2, 0.25) is 0 Å². The van der Waals surface area contributed by atoms with Crippen LogP contribution in [-0.2, 0) is 9.05 Å². The maximum absolute atomic E-state index is 11.0. The zero-order chi connectivity index (χ0) is 11.6. The molecule has 0 radical (unpaired) electrons. The van der Waals surface area contributed by atoms with Gasteiger partial charge in [-0.05, 0) is 12.5 Å². The minimum Gasteiger partial charge on any atom is -0.258 e. The Morgan fingerprint density at radius 3 is 2.13 bits per heavy atom. The van der Waals surface area contributed by atoms with E-state index >= 15 is 0 Å². The Balaban J connectivity index is 3.05. The van der Waals surface area contributed by atoms with Gasteiger partial charge in [0.1, 0.15) is 0 Å². The molecule has 0 heterocycles. The first-order valence-electron chi connectivity index (χ1n) is 4.00. The van der Waals surface area contributed by atoms with Crippen molar-refractivity contribution in [2.24, 2.45) is 0 Å². The Morgan fingerprint density at radius 1 is 1.33 bits per heavy atom. The van der Waals surface area contributed by atoms with Crippen molar-refractivity contribution < 1.29 is 13.3 Å². The van der Waals surface area contributed by atoms with Crippen LogP contribution in [0.15, 0.2) is 24.3 Å². The smallest absolute Gasteiger partial charge is 0.258 e. The highest BCUT2D eigenvalue weighted by Gasteiger charge is 2.20. The van der Waals surface area contributed by atoms with Crippen LogP contribution < -0.4 is 0 Å². The lowest BCUT2D eigenvalue weighted by Crippen LogP contribution is -2.02. The standard InChI is InChI=1S/C8H8ClNO4S/c1-6(15(9,13)14)7-2-4-8(5-3-7)10(11)12/h2-6H,1H3. The van der Waals surface area contributed by atoms with Crippen LogP contribution in [0.1, 0.15) is 17.7 Å². The number of nitro groups is 1.